The average Bonchev–Trinajstić information content (AvgIpc) is 2.91. The standard InChI is InChI=1S/C15H16F3N3O3/c1-14(2,3)24-13(22)19-8-11-20-21-12(23-11)9-4-6-10(7-5-9)15(16,17)18/h4-7H,8H2,1-3H3,(H,19,22). The molecule has 0 saturated carbocycles. The third-order valence-electron chi connectivity index (χ3n) is 2.71. The Morgan fingerprint density at radius 3 is 2.33 bits per heavy atom. The highest BCUT2D eigenvalue weighted by atomic mass is 19.4. The summed E-state index contributed by atoms with van der Waals surface area (Å²) in [5.74, 6) is 0.167. The first-order valence-corrected chi connectivity index (χ1v) is 7.01. The maximum atomic E-state index is 12.5. The summed E-state index contributed by atoms with van der Waals surface area (Å²) in [6, 6.07) is 4.33. The molecule has 1 amide bonds. The number of amides is 1. The molecule has 1 aromatic carbocycles. The van der Waals surface area contributed by atoms with E-state index in [1.165, 1.54) is 12.1 Å². The summed E-state index contributed by atoms with van der Waals surface area (Å²) in [6.45, 7) is 5.12. The van der Waals surface area contributed by atoms with Crippen LogP contribution in [0.5, 0.6) is 0 Å². The van der Waals surface area contributed by atoms with Crippen LogP contribution in [0.3, 0.4) is 0 Å². The number of aromatic nitrogens is 2. The zero-order valence-corrected chi connectivity index (χ0v) is 13.3. The summed E-state index contributed by atoms with van der Waals surface area (Å²) >= 11 is 0. The van der Waals surface area contributed by atoms with E-state index in [9.17, 15) is 18.0 Å². The van der Waals surface area contributed by atoms with Crippen molar-refractivity contribution in [2.24, 2.45) is 0 Å². The molecule has 0 aliphatic rings. The second-order valence-electron chi connectivity index (χ2n) is 5.93. The second-order valence-corrected chi connectivity index (χ2v) is 5.93. The lowest BCUT2D eigenvalue weighted by atomic mass is 10.1. The largest absolute Gasteiger partial charge is 0.444 e. The highest BCUT2D eigenvalue weighted by molar-refractivity contribution is 5.67. The van der Waals surface area contributed by atoms with E-state index < -0.39 is 23.4 Å². The van der Waals surface area contributed by atoms with Crippen LogP contribution in [0.25, 0.3) is 11.5 Å². The normalized spacial score (nSPS) is 12.1. The highest BCUT2D eigenvalue weighted by Gasteiger charge is 2.30. The number of alkyl halides is 3. The number of benzene rings is 1. The molecule has 24 heavy (non-hydrogen) atoms. The Kier molecular flexibility index (Phi) is 4.81. The zero-order chi connectivity index (χ0) is 18.0. The van der Waals surface area contributed by atoms with Crippen LogP contribution in [-0.4, -0.2) is 21.9 Å². The van der Waals surface area contributed by atoms with E-state index in [-0.39, 0.29) is 18.3 Å². The summed E-state index contributed by atoms with van der Waals surface area (Å²) in [5, 5.41) is 9.91. The minimum atomic E-state index is -4.41. The van der Waals surface area contributed by atoms with Gasteiger partial charge in [0.15, 0.2) is 0 Å². The molecular weight excluding hydrogens is 327 g/mol. The van der Waals surface area contributed by atoms with E-state index in [1.54, 1.807) is 20.8 Å². The number of carbonyl (C=O) groups is 1. The molecule has 0 aliphatic carbocycles. The lowest BCUT2D eigenvalue weighted by molar-refractivity contribution is -0.137. The second kappa shape index (κ2) is 6.50. The van der Waals surface area contributed by atoms with Gasteiger partial charge in [-0.3, -0.25) is 0 Å². The van der Waals surface area contributed by atoms with Crippen LogP contribution in [-0.2, 0) is 17.5 Å². The number of hydrogen-bond acceptors (Lipinski definition) is 5. The van der Waals surface area contributed by atoms with Gasteiger partial charge in [0.25, 0.3) is 0 Å². The first-order chi connectivity index (χ1) is 11.0. The number of halogens is 3. The van der Waals surface area contributed by atoms with Crippen molar-refractivity contribution < 1.29 is 27.1 Å². The quantitative estimate of drug-likeness (QED) is 0.918. The zero-order valence-electron chi connectivity index (χ0n) is 13.3. The maximum absolute atomic E-state index is 12.5. The van der Waals surface area contributed by atoms with E-state index in [2.05, 4.69) is 15.5 Å². The van der Waals surface area contributed by atoms with Crippen LogP contribution >= 0.6 is 0 Å². The van der Waals surface area contributed by atoms with Gasteiger partial charge >= 0.3 is 12.3 Å². The predicted octanol–water partition coefficient (Wildman–Crippen LogP) is 3.78. The molecular formula is C15H16F3N3O3. The Morgan fingerprint density at radius 2 is 1.79 bits per heavy atom. The molecule has 0 aliphatic heterocycles. The molecule has 1 aromatic heterocycles. The van der Waals surface area contributed by atoms with Crippen molar-refractivity contribution in [1.29, 1.82) is 0 Å². The van der Waals surface area contributed by atoms with E-state index in [0.717, 1.165) is 12.1 Å². The van der Waals surface area contributed by atoms with Gasteiger partial charge in [-0.25, -0.2) is 4.79 Å². The number of nitrogens with zero attached hydrogens (tertiary/aromatic N) is 2. The number of alkyl carbamates (subject to hydrolysis) is 1. The molecule has 2 aromatic rings. The van der Waals surface area contributed by atoms with Gasteiger partial charge in [0.05, 0.1) is 12.1 Å². The predicted molar refractivity (Wildman–Crippen MR) is 77.8 cm³/mol. The lowest BCUT2D eigenvalue weighted by Gasteiger charge is -2.19. The van der Waals surface area contributed by atoms with Crippen LogP contribution in [0, 0.1) is 0 Å². The van der Waals surface area contributed by atoms with Crippen molar-refractivity contribution in [3.63, 3.8) is 0 Å². The molecule has 0 radical (unpaired) electrons. The van der Waals surface area contributed by atoms with Gasteiger partial charge in [-0.1, -0.05) is 0 Å². The highest BCUT2D eigenvalue weighted by Crippen LogP contribution is 2.30. The summed E-state index contributed by atoms with van der Waals surface area (Å²) in [6.07, 6.45) is -5.05. The van der Waals surface area contributed by atoms with Crippen LogP contribution in [0.4, 0.5) is 18.0 Å². The first-order valence-electron chi connectivity index (χ1n) is 7.01. The number of hydrogen-bond donors (Lipinski definition) is 1. The Balaban J connectivity index is 1.99. The van der Waals surface area contributed by atoms with Crippen molar-refractivity contribution in [2.75, 3.05) is 0 Å². The number of carbonyl (C=O) groups excluding carboxylic acids is 1. The molecule has 1 heterocycles. The summed E-state index contributed by atoms with van der Waals surface area (Å²) in [7, 11) is 0. The molecule has 0 unspecified atom stereocenters. The Bertz CT molecular complexity index is 703. The van der Waals surface area contributed by atoms with Crippen LogP contribution < -0.4 is 5.32 Å². The van der Waals surface area contributed by atoms with Crippen LogP contribution in [0.15, 0.2) is 28.7 Å². The number of rotatable bonds is 3. The summed E-state index contributed by atoms with van der Waals surface area (Å²) in [5.41, 5.74) is -1.05. The van der Waals surface area contributed by atoms with Crippen molar-refractivity contribution >= 4 is 6.09 Å². The molecule has 130 valence electrons. The topological polar surface area (TPSA) is 77.2 Å². The third-order valence-corrected chi connectivity index (χ3v) is 2.71. The fourth-order valence-electron chi connectivity index (χ4n) is 1.71. The average molecular weight is 343 g/mol. The third kappa shape index (κ3) is 4.97. The van der Waals surface area contributed by atoms with Crippen molar-refractivity contribution in [1.82, 2.24) is 15.5 Å². The number of nitrogens with one attached hydrogen (secondary N) is 1. The maximum Gasteiger partial charge on any atom is 0.416 e. The smallest absolute Gasteiger partial charge is 0.416 e. The van der Waals surface area contributed by atoms with Gasteiger partial charge < -0.3 is 14.5 Å². The minimum Gasteiger partial charge on any atom is -0.444 e. The van der Waals surface area contributed by atoms with Crippen LogP contribution in [0.2, 0.25) is 0 Å². The van der Waals surface area contributed by atoms with Gasteiger partial charge in [-0.2, -0.15) is 13.2 Å². The molecule has 1 N–H and O–H groups in total. The summed E-state index contributed by atoms with van der Waals surface area (Å²) in [4.78, 5) is 11.5. The van der Waals surface area contributed by atoms with Gasteiger partial charge in [-0.15, -0.1) is 10.2 Å². The first kappa shape index (κ1) is 17.8. The Hall–Kier alpha value is -2.58. The van der Waals surface area contributed by atoms with Gasteiger partial charge in [-0.05, 0) is 45.0 Å². The molecule has 0 bridgehead atoms. The fourth-order valence-corrected chi connectivity index (χ4v) is 1.71. The van der Waals surface area contributed by atoms with Gasteiger partial charge in [0.2, 0.25) is 11.8 Å². The van der Waals surface area contributed by atoms with Crippen molar-refractivity contribution in [3.05, 3.63) is 35.7 Å². The van der Waals surface area contributed by atoms with Crippen molar-refractivity contribution in [2.45, 2.75) is 39.1 Å². The Labute approximate surface area is 136 Å². The van der Waals surface area contributed by atoms with E-state index in [1.807, 2.05) is 0 Å². The molecule has 2 rings (SSSR count). The molecule has 0 saturated heterocycles. The SMILES string of the molecule is CC(C)(C)OC(=O)NCc1nnc(-c2ccc(C(F)(F)F)cc2)o1. The molecule has 6 nitrogen and oxygen atoms in total. The lowest BCUT2D eigenvalue weighted by Crippen LogP contribution is -2.32. The fraction of sp³-hybridized carbons (Fsp3) is 0.400. The molecule has 0 atom stereocenters. The monoisotopic (exact) mass is 343 g/mol. The van der Waals surface area contributed by atoms with Gasteiger partial charge in [0.1, 0.15) is 5.60 Å². The molecule has 0 spiro atoms. The van der Waals surface area contributed by atoms with Crippen LogP contribution in [0.1, 0.15) is 32.2 Å². The number of ether oxygens (including phenoxy) is 1. The summed E-state index contributed by atoms with van der Waals surface area (Å²) < 4.78 is 47.9. The van der Waals surface area contributed by atoms with Gasteiger partial charge in [0, 0.05) is 5.56 Å². The minimum absolute atomic E-state index is 0.0530. The van der Waals surface area contributed by atoms with E-state index >= 15 is 0 Å². The van der Waals surface area contributed by atoms with E-state index in [4.69, 9.17) is 9.15 Å². The van der Waals surface area contributed by atoms with E-state index in [0.29, 0.717) is 5.56 Å². The molecule has 0 fully saturated rings. The molecule has 9 heteroatoms. The van der Waals surface area contributed by atoms with Crippen molar-refractivity contribution in [3.8, 4) is 11.5 Å². The Morgan fingerprint density at radius 1 is 1.17 bits per heavy atom.